The third-order valence-electron chi connectivity index (χ3n) is 4.68. The molecule has 1 unspecified atom stereocenters. The lowest BCUT2D eigenvalue weighted by Crippen LogP contribution is -2.46. The number of amides is 1. The lowest BCUT2D eigenvalue weighted by molar-refractivity contribution is -0.134. The normalized spacial score (nSPS) is 18.2. The highest BCUT2D eigenvalue weighted by molar-refractivity contribution is 5.86. The summed E-state index contributed by atoms with van der Waals surface area (Å²) in [6.07, 6.45) is 7.24. The van der Waals surface area contributed by atoms with E-state index in [0.717, 1.165) is 49.0 Å². The van der Waals surface area contributed by atoms with E-state index >= 15 is 0 Å². The zero-order valence-corrected chi connectivity index (χ0v) is 13.5. The molecule has 0 spiro atoms. The molecule has 0 radical (unpaired) electrons. The molecule has 1 atom stereocenters. The van der Waals surface area contributed by atoms with Crippen molar-refractivity contribution in [3.05, 3.63) is 48.4 Å². The van der Waals surface area contributed by atoms with E-state index < -0.39 is 0 Å². The summed E-state index contributed by atoms with van der Waals surface area (Å²) in [6.45, 7) is 1.55. The summed E-state index contributed by atoms with van der Waals surface area (Å²) < 4.78 is 7.22. The number of hydrogen-bond donors (Lipinski definition) is 0. The van der Waals surface area contributed by atoms with E-state index in [1.54, 1.807) is 6.20 Å². The molecule has 1 aromatic carbocycles. The van der Waals surface area contributed by atoms with Crippen LogP contribution < -0.4 is 0 Å². The third kappa shape index (κ3) is 2.91. The van der Waals surface area contributed by atoms with Crippen LogP contribution in [0.25, 0.3) is 11.0 Å². The van der Waals surface area contributed by atoms with Crippen molar-refractivity contribution >= 4 is 16.9 Å². The monoisotopic (exact) mass is 324 g/mol. The van der Waals surface area contributed by atoms with Crippen molar-refractivity contribution in [2.45, 2.75) is 38.3 Å². The van der Waals surface area contributed by atoms with Gasteiger partial charge in [-0.2, -0.15) is 5.10 Å². The largest absolute Gasteiger partial charge is 0.356 e. The summed E-state index contributed by atoms with van der Waals surface area (Å²) in [5, 5.41) is 9.29. The number of piperidine rings is 1. The van der Waals surface area contributed by atoms with Crippen LogP contribution in [0.1, 0.15) is 25.0 Å². The summed E-state index contributed by atoms with van der Waals surface area (Å²) >= 11 is 0. The molecule has 3 aromatic rings. The van der Waals surface area contributed by atoms with E-state index in [0.29, 0.717) is 0 Å². The van der Waals surface area contributed by atoms with Crippen molar-refractivity contribution in [1.29, 1.82) is 0 Å². The highest BCUT2D eigenvalue weighted by Crippen LogP contribution is 2.22. The van der Waals surface area contributed by atoms with Crippen LogP contribution in [0.2, 0.25) is 0 Å². The predicted molar refractivity (Wildman–Crippen MR) is 89.3 cm³/mol. The molecule has 1 saturated heterocycles. The number of benzene rings is 1. The second-order valence-corrected chi connectivity index (χ2v) is 6.27. The number of carbonyl (C=O) groups is 1. The van der Waals surface area contributed by atoms with Gasteiger partial charge in [-0.1, -0.05) is 17.3 Å². The van der Waals surface area contributed by atoms with Gasteiger partial charge in [0.05, 0.1) is 19.0 Å². The molecule has 6 nitrogen and oxygen atoms in total. The van der Waals surface area contributed by atoms with Gasteiger partial charge in [0.1, 0.15) is 5.69 Å². The fourth-order valence-corrected chi connectivity index (χ4v) is 3.45. The van der Waals surface area contributed by atoms with Gasteiger partial charge in [0.2, 0.25) is 5.91 Å². The Morgan fingerprint density at radius 1 is 1.25 bits per heavy atom. The third-order valence-corrected chi connectivity index (χ3v) is 4.68. The van der Waals surface area contributed by atoms with Gasteiger partial charge in [0.25, 0.3) is 0 Å². The first-order valence-electron chi connectivity index (χ1n) is 8.41. The standard InChI is InChI=1S/C18H20N4O2/c23-18(12-16-15-7-1-2-8-17(15)24-20-16)22-11-4-3-6-14(22)13-21-10-5-9-19-21/h1-2,5,7-10,14H,3-4,6,11-13H2. The van der Waals surface area contributed by atoms with Gasteiger partial charge < -0.3 is 9.42 Å². The Labute approximate surface area is 140 Å². The van der Waals surface area contributed by atoms with Crippen LogP contribution in [-0.4, -0.2) is 38.3 Å². The maximum absolute atomic E-state index is 12.9. The Bertz CT molecular complexity index is 825. The first kappa shape index (κ1) is 14.9. The summed E-state index contributed by atoms with van der Waals surface area (Å²) in [5.74, 6) is 0.117. The molecule has 2 aromatic heterocycles. The Morgan fingerprint density at radius 3 is 3.04 bits per heavy atom. The van der Waals surface area contributed by atoms with Crippen LogP contribution >= 0.6 is 0 Å². The van der Waals surface area contributed by atoms with Gasteiger partial charge in [0, 0.05) is 24.3 Å². The number of fused-ring (bicyclic) bond motifs is 1. The molecule has 6 heteroatoms. The second kappa shape index (κ2) is 6.47. The van der Waals surface area contributed by atoms with Crippen molar-refractivity contribution in [3.63, 3.8) is 0 Å². The van der Waals surface area contributed by atoms with E-state index in [1.165, 1.54) is 0 Å². The Morgan fingerprint density at radius 2 is 2.17 bits per heavy atom. The molecule has 0 aliphatic carbocycles. The summed E-state index contributed by atoms with van der Waals surface area (Å²) in [6, 6.07) is 9.78. The van der Waals surface area contributed by atoms with Gasteiger partial charge >= 0.3 is 0 Å². The second-order valence-electron chi connectivity index (χ2n) is 6.27. The molecule has 0 bridgehead atoms. The minimum Gasteiger partial charge on any atom is -0.356 e. The van der Waals surface area contributed by atoms with Crippen LogP contribution in [0.15, 0.2) is 47.2 Å². The van der Waals surface area contributed by atoms with Crippen molar-refractivity contribution in [1.82, 2.24) is 19.8 Å². The lowest BCUT2D eigenvalue weighted by Gasteiger charge is -2.35. The van der Waals surface area contributed by atoms with Crippen molar-refractivity contribution in [2.24, 2.45) is 0 Å². The van der Waals surface area contributed by atoms with Crippen LogP contribution in [0, 0.1) is 0 Å². The molecule has 0 saturated carbocycles. The first-order valence-corrected chi connectivity index (χ1v) is 8.41. The van der Waals surface area contributed by atoms with Crippen LogP contribution in [0.5, 0.6) is 0 Å². The predicted octanol–water partition coefficient (Wildman–Crippen LogP) is 2.65. The van der Waals surface area contributed by atoms with Crippen molar-refractivity contribution in [3.8, 4) is 0 Å². The number of hydrogen-bond acceptors (Lipinski definition) is 4. The number of para-hydroxylation sites is 1. The van der Waals surface area contributed by atoms with Crippen molar-refractivity contribution in [2.75, 3.05) is 6.54 Å². The zero-order valence-electron chi connectivity index (χ0n) is 13.5. The minimum absolute atomic E-state index is 0.117. The molecular formula is C18H20N4O2. The van der Waals surface area contributed by atoms with Crippen molar-refractivity contribution < 1.29 is 9.32 Å². The molecule has 124 valence electrons. The fourth-order valence-electron chi connectivity index (χ4n) is 3.45. The zero-order chi connectivity index (χ0) is 16.4. The summed E-state index contributed by atoms with van der Waals surface area (Å²) in [4.78, 5) is 14.9. The van der Waals surface area contributed by atoms with Gasteiger partial charge in [0.15, 0.2) is 5.58 Å². The molecule has 24 heavy (non-hydrogen) atoms. The molecule has 1 aliphatic heterocycles. The summed E-state index contributed by atoms with van der Waals surface area (Å²) in [5.41, 5.74) is 1.45. The summed E-state index contributed by atoms with van der Waals surface area (Å²) in [7, 11) is 0. The number of likely N-dealkylation sites (tertiary alicyclic amines) is 1. The number of aromatic nitrogens is 3. The highest BCUT2D eigenvalue weighted by Gasteiger charge is 2.28. The maximum atomic E-state index is 12.9. The van der Waals surface area contributed by atoms with E-state index in [-0.39, 0.29) is 18.4 Å². The Hall–Kier alpha value is -2.63. The number of nitrogens with zero attached hydrogens (tertiary/aromatic N) is 4. The van der Waals surface area contributed by atoms with Crippen LogP contribution in [0.4, 0.5) is 0 Å². The molecule has 4 rings (SSSR count). The highest BCUT2D eigenvalue weighted by atomic mass is 16.5. The van der Waals surface area contributed by atoms with Gasteiger partial charge in [-0.15, -0.1) is 0 Å². The maximum Gasteiger partial charge on any atom is 0.229 e. The Kier molecular flexibility index (Phi) is 4.02. The van der Waals surface area contributed by atoms with Gasteiger partial charge in [-0.05, 0) is 37.5 Å². The van der Waals surface area contributed by atoms with Crippen LogP contribution in [-0.2, 0) is 17.8 Å². The first-order chi connectivity index (χ1) is 11.8. The van der Waals surface area contributed by atoms with Crippen LogP contribution in [0.3, 0.4) is 0 Å². The topological polar surface area (TPSA) is 64.2 Å². The fraction of sp³-hybridized carbons (Fsp3) is 0.389. The Balaban J connectivity index is 1.51. The smallest absolute Gasteiger partial charge is 0.229 e. The van der Waals surface area contributed by atoms with E-state index in [9.17, 15) is 4.79 Å². The lowest BCUT2D eigenvalue weighted by atomic mass is 10.0. The van der Waals surface area contributed by atoms with Gasteiger partial charge in [-0.25, -0.2) is 0 Å². The molecule has 3 heterocycles. The molecule has 1 amide bonds. The molecule has 1 fully saturated rings. The SMILES string of the molecule is O=C(Cc1noc2ccccc12)N1CCCCC1Cn1cccn1. The molecule has 0 N–H and O–H groups in total. The van der Waals surface area contributed by atoms with E-state index in [1.807, 2.05) is 46.1 Å². The average Bonchev–Trinajstić information content (AvgIpc) is 3.26. The van der Waals surface area contributed by atoms with E-state index in [2.05, 4.69) is 10.3 Å². The molecule has 1 aliphatic rings. The minimum atomic E-state index is 0.117. The average molecular weight is 324 g/mol. The van der Waals surface area contributed by atoms with Gasteiger partial charge in [-0.3, -0.25) is 9.48 Å². The quantitative estimate of drug-likeness (QED) is 0.740. The number of rotatable bonds is 4. The van der Waals surface area contributed by atoms with E-state index in [4.69, 9.17) is 4.52 Å². The number of carbonyl (C=O) groups excluding carboxylic acids is 1. The molecular weight excluding hydrogens is 304 g/mol.